The molecule has 3 rings (SSSR count). The van der Waals surface area contributed by atoms with E-state index in [4.69, 9.17) is 4.74 Å². The summed E-state index contributed by atoms with van der Waals surface area (Å²) in [4.78, 5) is 4.24. The van der Waals surface area contributed by atoms with Crippen LogP contribution in [0.3, 0.4) is 0 Å². The zero-order valence-corrected chi connectivity index (χ0v) is 13.0. The van der Waals surface area contributed by atoms with Crippen molar-refractivity contribution in [2.24, 2.45) is 0 Å². The van der Waals surface area contributed by atoms with Gasteiger partial charge in [-0.05, 0) is 37.8 Å². The second kappa shape index (κ2) is 6.42. The molecule has 5 nitrogen and oxygen atoms in total. The van der Waals surface area contributed by atoms with Crippen molar-refractivity contribution in [2.45, 2.75) is 55.6 Å². The van der Waals surface area contributed by atoms with Gasteiger partial charge in [-0.15, -0.1) is 0 Å². The molecule has 0 amide bonds. The topological polar surface area (TPSA) is 59.5 Å². The number of rotatable bonds is 5. The van der Waals surface area contributed by atoms with E-state index in [0.717, 1.165) is 45.1 Å². The highest BCUT2D eigenvalue weighted by atomic mass is 32.2. The maximum Gasteiger partial charge on any atom is 0.244 e. The van der Waals surface area contributed by atoms with Crippen molar-refractivity contribution in [1.82, 2.24) is 9.29 Å². The van der Waals surface area contributed by atoms with Gasteiger partial charge in [0.05, 0.1) is 6.10 Å². The van der Waals surface area contributed by atoms with E-state index >= 15 is 0 Å². The standard InChI is InChI=1S/C15H22N2O3S/c18-21(19,15-8-3-9-16-11-15)17(13-5-1-2-6-13)12-14-7-4-10-20-14/h3,8-9,11,13-14H,1-2,4-7,10,12H2/t14-/m1/s1. The molecule has 0 bridgehead atoms. The number of hydrogen-bond donors (Lipinski definition) is 0. The Balaban J connectivity index is 1.86. The van der Waals surface area contributed by atoms with Crippen LogP contribution in [0.4, 0.5) is 0 Å². The Morgan fingerprint density at radius 2 is 2.05 bits per heavy atom. The summed E-state index contributed by atoms with van der Waals surface area (Å²) in [5.74, 6) is 0. The average Bonchev–Trinajstić information content (AvgIpc) is 3.19. The summed E-state index contributed by atoms with van der Waals surface area (Å²) in [6.45, 7) is 1.22. The number of sulfonamides is 1. The summed E-state index contributed by atoms with van der Waals surface area (Å²) in [7, 11) is -3.48. The van der Waals surface area contributed by atoms with Gasteiger partial charge in [-0.25, -0.2) is 8.42 Å². The van der Waals surface area contributed by atoms with Gasteiger partial charge < -0.3 is 4.74 Å². The van der Waals surface area contributed by atoms with Gasteiger partial charge in [0.1, 0.15) is 4.90 Å². The predicted octanol–water partition coefficient (Wildman–Crippen LogP) is 2.19. The first kappa shape index (κ1) is 14.9. The third-order valence-electron chi connectivity index (χ3n) is 4.38. The fraction of sp³-hybridized carbons (Fsp3) is 0.667. The van der Waals surface area contributed by atoms with Crippen LogP contribution in [0.2, 0.25) is 0 Å². The fourth-order valence-electron chi connectivity index (χ4n) is 3.26. The highest BCUT2D eigenvalue weighted by molar-refractivity contribution is 7.89. The molecular formula is C15H22N2O3S. The Kier molecular flexibility index (Phi) is 4.57. The maximum absolute atomic E-state index is 12.9. The molecule has 1 atom stereocenters. The molecule has 1 aromatic rings. The van der Waals surface area contributed by atoms with E-state index in [0.29, 0.717) is 6.54 Å². The molecule has 0 radical (unpaired) electrons. The minimum atomic E-state index is -3.48. The number of ether oxygens (including phenoxy) is 1. The summed E-state index contributed by atoms with van der Waals surface area (Å²) in [5, 5.41) is 0. The van der Waals surface area contributed by atoms with E-state index < -0.39 is 10.0 Å². The number of aromatic nitrogens is 1. The zero-order valence-electron chi connectivity index (χ0n) is 12.1. The van der Waals surface area contributed by atoms with Gasteiger partial charge >= 0.3 is 0 Å². The van der Waals surface area contributed by atoms with Crippen LogP contribution in [-0.4, -0.2) is 43.0 Å². The van der Waals surface area contributed by atoms with E-state index in [1.165, 1.54) is 6.20 Å². The van der Waals surface area contributed by atoms with E-state index in [9.17, 15) is 8.42 Å². The molecule has 0 spiro atoms. The van der Waals surface area contributed by atoms with Gasteiger partial charge in [-0.2, -0.15) is 4.31 Å². The number of hydrogen-bond acceptors (Lipinski definition) is 4. The lowest BCUT2D eigenvalue weighted by molar-refractivity contribution is 0.0861. The lowest BCUT2D eigenvalue weighted by Gasteiger charge is -2.30. The number of pyridine rings is 1. The maximum atomic E-state index is 12.9. The van der Waals surface area contributed by atoms with E-state index in [-0.39, 0.29) is 17.0 Å². The van der Waals surface area contributed by atoms with E-state index in [1.807, 2.05) is 0 Å². The van der Waals surface area contributed by atoms with Crippen molar-refractivity contribution in [2.75, 3.05) is 13.2 Å². The highest BCUT2D eigenvalue weighted by Crippen LogP contribution is 2.30. The Labute approximate surface area is 126 Å². The Hall–Kier alpha value is -0.980. The molecule has 1 aromatic heterocycles. The molecule has 2 aliphatic rings. The van der Waals surface area contributed by atoms with Crippen LogP contribution in [0.5, 0.6) is 0 Å². The molecule has 1 aliphatic heterocycles. The summed E-state index contributed by atoms with van der Waals surface area (Å²) >= 11 is 0. The summed E-state index contributed by atoms with van der Waals surface area (Å²) in [5.41, 5.74) is 0. The van der Waals surface area contributed by atoms with Crippen LogP contribution in [0.25, 0.3) is 0 Å². The number of nitrogens with zero attached hydrogens (tertiary/aromatic N) is 2. The molecular weight excluding hydrogens is 288 g/mol. The van der Waals surface area contributed by atoms with Crippen molar-refractivity contribution in [1.29, 1.82) is 0 Å². The molecule has 0 unspecified atom stereocenters. The summed E-state index contributed by atoms with van der Waals surface area (Å²) in [6, 6.07) is 3.41. The van der Waals surface area contributed by atoms with Gasteiger partial charge in [0, 0.05) is 31.6 Å². The molecule has 2 fully saturated rings. The molecule has 116 valence electrons. The van der Waals surface area contributed by atoms with Crippen LogP contribution < -0.4 is 0 Å². The molecule has 0 N–H and O–H groups in total. The third kappa shape index (κ3) is 3.27. The smallest absolute Gasteiger partial charge is 0.244 e. The lowest BCUT2D eigenvalue weighted by atomic mass is 10.2. The van der Waals surface area contributed by atoms with Crippen molar-refractivity contribution in [3.8, 4) is 0 Å². The molecule has 21 heavy (non-hydrogen) atoms. The molecule has 1 aliphatic carbocycles. The van der Waals surface area contributed by atoms with Gasteiger partial charge in [-0.3, -0.25) is 4.98 Å². The zero-order chi connectivity index (χ0) is 14.7. The van der Waals surface area contributed by atoms with Crippen molar-refractivity contribution >= 4 is 10.0 Å². The lowest BCUT2D eigenvalue weighted by Crippen LogP contribution is -2.43. The van der Waals surface area contributed by atoms with E-state index in [1.54, 1.807) is 22.6 Å². The Morgan fingerprint density at radius 3 is 2.67 bits per heavy atom. The largest absolute Gasteiger partial charge is 0.377 e. The predicted molar refractivity (Wildman–Crippen MR) is 79.4 cm³/mol. The monoisotopic (exact) mass is 310 g/mol. The first-order chi connectivity index (χ1) is 10.2. The van der Waals surface area contributed by atoms with Crippen molar-refractivity contribution in [3.63, 3.8) is 0 Å². The third-order valence-corrected chi connectivity index (χ3v) is 6.28. The molecule has 1 saturated carbocycles. The SMILES string of the molecule is O=S(=O)(c1cccnc1)N(C[C@H]1CCCO1)C1CCCC1. The first-order valence-electron chi connectivity index (χ1n) is 7.71. The van der Waals surface area contributed by atoms with Gasteiger partial charge in [0.2, 0.25) is 10.0 Å². The van der Waals surface area contributed by atoms with Crippen molar-refractivity contribution < 1.29 is 13.2 Å². The van der Waals surface area contributed by atoms with Crippen LogP contribution in [0.15, 0.2) is 29.4 Å². The minimum Gasteiger partial charge on any atom is -0.377 e. The van der Waals surface area contributed by atoms with Gasteiger partial charge in [0.15, 0.2) is 0 Å². The highest BCUT2D eigenvalue weighted by Gasteiger charge is 2.35. The normalized spacial score (nSPS) is 24.0. The van der Waals surface area contributed by atoms with Crippen LogP contribution in [0.1, 0.15) is 38.5 Å². The van der Waals surface area contributed by atoms with E-state index in [2.05, 4.69) is 4.98 Å². The van der Waals surface area contributed by atoms with Crippen molar-refractivity contribution in [3.05, 3.63) is 24.5 Å². The minimum absolute atomic E-state index is 0.0389. The Morgan fingerprint density at radius 1 is 1.24 bits per heavy atom. The molecule has 2 heterocycles. The molecule has 6 heteroatoms. The summed E-state index contributed by atoms with van der Waals surface area (Å²) in [6.07, 6.45) is 9.16. The second-order valence-corrected chi connectivity index (χ2v) is 7.73. The molecule has 1 saturated heterocycles. The van der Waals surface area contributed by atoms with Crippen LogP contribution in [-0.2, 0) is 14.8 Å². The van der Waals surface area contributed by atoms with Crippen LogP contribution >= 0.6 is 0 Å². The Bertz CT molecular complexity index is 550. The van der Waals surface area contributed by atoms with Gasteiger partial charge in [-0.1, -0.05) is 12.8 Å². The first-order valence-corrected chi connectivity index (χ1v) is 9.15. The average molecular weight is 310 g/mol. The fourth-order valence-corrected chi connectivity index (χ4v) is 4.94. The molecule has 0 aromatic carbocycles. The van der Waals surface area contributed by atoms with Crippen LogP contribution in [0, 0.1) is 0 Å². The van der Waals surface area contributed by atoms with Gasteiger partial charge in [0.25, 0.3) is 0 Å². The quantitative estimate of drug-likeness (QED) is 0.836. The second-order valence-electron chi connectivity index (χ2n) is 5.84. The summed E-state index contributed by atoms with van der Waals surface area (Å²) < 4.78 is 33.2.